The summed E-state index contributed by atoms with van der Waals surface area (Å²) in [6.45, 7) is 34.8. The Morgan fingerprint density at radius 3 is 1.76 bits per heavy atom. The van der Waals surface area contributed by atoms with Crippen molar-refractivity contribution in [3.05, 3.63) is 12.2 Å². The minimum absolute atomic E-state index is 0.0703. The Balaban J connectivity index is 3.40. The smallest absolute Gasteiger partial charge is 0.330 e. The van der Waals surface area contributed by atoms with Crippen molar-refractivity contribution in [1.82, 2.24) is 0 Å². The largest absolute Gasteiger partial charge is 0.459 e. The van der Waals surface area contributed by atoms with Gasteiger partial charge in [-0.2, -0.15) is 0 Å². The van der Waals surface area contributed by atoms with Gasteiger partial charge in [-0.3, -0.25) is 0 Å². The molecule has 0 N–H and O–H groups in total. The maximum Gasteiger partial charge on any atom is 0.330 e. The van der Waals surface area contributed by atoms with Gasteiger partial charge in [-0.05, 0) is 31.5 Å². The van der Waals surface area contributed by atoms with E-state index in [4.69, 9.17) is 13.6 Å². The second-order valence-electron chi connectivity index (χ2n) is 15.0. The molecule has 0 aromatic heterocycles. The van der Waals surface area contributed by atoms with E-state index in [1.807, 2.05) is 6.08 Å². The molecular weight excluding hydrogens is 505 g/mol. The highest BCUT2D eigenvalue weighted by Crippen LogP contribution is 2.41. The van der Waals surface area contributed by atoms with Crippen molar-refractivity contribution >= 4 is 43.9 Å². The minimum Gasteiger partial charge on any atom is -0.459 e. The lowest BCUT2D eigenvalue weighted by molar-refractivity contribution is -0.145. The van der Waals surface area contributed by atoms with E-state index < -0.39 is 38.0 Å². The zero-order valence-electron chi connectivity index (χ0n) is 25.1. The average Bonchev–Trinajstić information content (AvgIpc) is 2.54. The van der Waals surface area contributed by atoms with Gasteiger partial charge in [-0.25, -0.2) is 4.79 Å². The number of carbonyl (C=O) groups excluding carboxylic acids is 1. The first-order valence-corrected chi connectivity index (χ1v) is 31.5. The molecule has 0 fully saturated rings. The van der Waals surface area contributed by atoms with E-state index >= 15 is 0 Å². The van der Waals surface area contributed by atoms with Gasteiger partial charge < -0.3 is 13.6 Å². The molecule has 1 aliphatic rings. The summed E-state index contributed by atoms with van der Waals surface area (Å²) in [5, 5.41) is 0.175. The van der Waals surface area contributed by atoms with Crippen molar-refractivity contribution in [2.24, 2.45) is 0 Å². The van der Waals surface area contributed by atoms with E-state index in [1.54, 1.807) is 6.08 Å². The van der Waals surface area contributed by atoms with Crippen LogP contribution >= 0.6 is 0 Å². The molecule has 0 bridgehead atoms. The Labute approximate surface area is 216 Å². The lowest BCUT2D eigenvalue weighted by Gasteiger charge is -2.57. The SMILES string of the molecule is C[C@@H](C[C@@H](C[C@H]1CC=CC(=O)O1)O[Si]([Si](C)(C)C)([Si](C)(C)C)[Si](C)(C)C)O[Si](C)(C)C(C)(C)C. The van der Waals surface area contributed by atoms with Gasteiger partial charge in [0.25, 0.3) is 0 Å². The van der Waals surface area contributed by atoms with Crippen LogP contribution in [0.15, 0.2) is 12.2 Å². The first kappa shape index (κ1) is 32.2. The topological polar surface area (TPSA) is 44.8 Å². The van der Waals surface area contributed by atoms with Crippen LogP contribution in [0.1, 0.15) is 47.0 Å². The molecule has 0 radical (unpaired) electrons. The summed E-state index contributed by atoms with van der Waals surface area (Å²) in [4.78, 5) is 12.0. The van der Waals surface area contributed by atoms with Crippen LogP contribution in [-0.4, -0.2) is 62.2 Å². The maximum absolute atomic E-state index is 12.0. The van der Waals surface area contributed by atoms with Crippen LogP contribution in [0.5, 0.6) is 0 Å². The fourth-order valence-corrected chi connectivity index (χ4v) is 102. The molecule has 200 valence electrons. The zero-order valence-corrected chi connectivity index (χ0v) is 30.1. The monoisotopic (exact) mass is 560 g/mol. The Kier molecular flexibility index (Phi) is 10.3. The van der Waals surface area contributed by atoms with Crippen LogP contribution in [0.4, 0.5) is 0 Å². The molecule has 0 aliphatic carbocycles. The molecule has 0 aromatic carbocycles. The highest BCUT2D eigenvalue weighted by Gasteiger charge is 2.64. The Hall–Kier alpha value is 0.214. The van der Waals surface area contributed by atoms with Crippen molar-refractivity contribution in [1.29, 1.82) is 0 Å². The van der Waals surface area contributed by atoms with Crippen LogP contribution in [0.2, 0.25) is 77.1 Å². The van der Waals surface area contributed by atoms with Crippen LogP contribution in [0.25, 0.3) is 0 Å². The third-order valence-corrected chi connectivity index (χ3v) is 80.1. The molecule has 0 saturated heterocycles. The molecule has 3 atom stereocenters. The van der Waals surface area contributed by atoms with Gasteiger partial charge in [0.2, 0.25) is 0 Å². The molecule has 9 heteroatoms. The Morgan fingerprint density at radius 2 is 1.38 bits per heavy atom. The number of ether oxygens (including phenoxy) is 1. The lowest BCUT2D eigenvalue weighted by Crippen LogP contribution is -2.85. The van der Waals surface area contributed by atoms with Crippen molar-refractivity contribution in [3.63, 3.8) is 0 Å². The van der Waals surface area contributed by atoms with Crippen molar-refractivity contribution in [2.45, 2.75) is 142 Å². The minimum atomic E-state index is -2.01. The van der Waals surface area contributed by atoms with Gasteiger partial charge in [0.1, 0.15) is 6.10 Å². The molecule has 1 heterocycles. The van der Waals surface area contributed by atoms with Gasteiger partial charge in [-0.1, -0.05) is 85.8 Å². The van der Waals surface area contributed by atoms with Crippen molar-refractivity contribution < 1.29 is 18.4 Å². The normalized spacial score (nSPS) is 20.8. The van der Waals surface area contributed by atoms with Gasteiger partial charge in [0, 0.05) is 31.1 Å². The van der Waals surface area contributed by atoms with Gasteiger partial charge in [0.15, 0.2) is 15.2 Å². The molecule has 0 aromatic rings. The average molecular weight is 561 g/mol. The number of cyclic esters (lactones) is 1. The molecule has 1 aliphatic heterocycles. The number of carbonyl (C=O) groups is 1. The van der Waals surface area contributed by atoms with Gasteiger partial charge in [-0.15, -0.1) is 0 Å². The predicted octanol–water partition coefficient (Wildman–Crippen LogP) is 7.63. The summed E-state index contributed by atoms with van der Waals surface area (Å²) in [5.74, 6) is -0.218. The number of hydrogen-bond donors (Lipinski definition) is 0. The third-order valence-electron chi connectivity index (χ3n) is 7.87. The van der Waals surface area contributed by atoms with Crippen LogP contribution in [0, 0.1) is 0 Å². The van der Waals surface area contributed by atoms with Crippen molar-refractivity contribution in [2.75, 3.05) is 0 Å². The number of rotatable bonds is 11. The summed E-state index contributed by atoms with van der Waals surface area (Å²) in [6.07, 6.45) is 6.04. The van der Waals surface area contributed by atoms with E-state index in [2.05, 4.69) is 99.7 Å². The first-order chi connectivity index (χ1) is 14.9. The number of hydrogen-bond acceptors (Lipinski definition) is 4. The second-order valence-corrected chi connectivity index (χ2v) is 59.2. The lowest BCUT2D eigenvalue weighted by atomic mass is 10.0. The molecule has 0 saturated carbocycles. The van der Waals surface area contributed by atoms with E-state index in [1.165, 1.54) is 0 Å². The van der Waals surface area contributed by atoms with Crippen LogP contribution in [-0.2, 0) is 18.4 Å². The number of esters is 1. The Morgan fingerprint density at radius 1 is 0.912 bits per heavy atom. The summed E-state index contributed by atoms with van der Waals surface area (Å²) in [6, 6.07) is 0. The Bertz CT molecular complexity index is 688. The summed E-state index contributed by atoms with van der Waals surface area (Å²) < 4.78 is 20.2. The predicted molar refractivity (Wildman–Crippen MR) is 161 cm³/mol. The van der Waals surface area contributed by atoms with E-state index in [-0.39, 0.29) is 29.3 Å². The van der Waals surface area contributed by atoms with Crippen molar-refractivity contribution in [3.8, 4) is 0 Å². The summed E-state index contributed by atoms with van der Waals surface area (Å²) >= 11 is 0. The maximum atomic E-state index is 12.0. The molecule has 34 heavy (non-hydrogen) atoms. The molecule has 4 nitrogen and oxygen atoms in total. The van der Waals surface area contributed by atoms with E-state index in [0.29, 0.717) is 0 Å². The first-order valence-electron chi connectivity index (χ1n) is 13.2. The van der Waals surface area contributed by atoms with Crippen LogP contribution < -0.4 is 0 Å². The molecule has 1 rings (SSSR count). The van der Waals surface area contributed by atoms with Crippen LogP contribution in [0.3, 0.4) is 0 Å². The highest BCUT2D eigenvalue weighted by molar-refractivity contribution is 7.87. The summed E-state index contributed by atoms with van der Waals surface area (Å²) in [5.41, 5.74) is 0. The van der Waals surface area contributed by atoms with E-state index in [9.17, 15) is 4.79 Å². The molecular formula is C25H56O4Si5. The molecule has 0 amide bonds. The van der Waals surface area contributed by atoms with E-state index in [0.717, 1.165) is 19.3 Å². The zero-order chi connectivity index (χ0) is 27.0. The second kappa shape index (κ2) is 10.9. The van der Waals surface area contributed by atoms with Gasteiger partial charge >= 0.3 is 5.97 Å². The highest BCUT2D eigenvalue weighted by atomic mass is 29.9. The molecule has 0 unspecified atom stereocenters. The third kappa shape index (κ3) is 7.61. The standard InChI is InChI=1S/C25H56O4Si5/c1-21(28-33(14,15)25(2,3)4)19-23(20-22-17-16-18-24(26)27-22)29-34(30(5,6)7,31(8,9)10)32(11,12)13/h16,18,21-23H,17,19-20H2,1-15H3/t21-,22+,23-/m0/s1. The quantitative estimate of drug-likeness (QED) is 0.192. The van der Waals surface area contributed by atoms with Gasteiger partial charge in [0.05, 0.1) is 22.8 Å². The molecule has 0 spiro atoms. The fraction of sp³-hybridized carbons (Fsp3) is 0.880. The summed E-state index contributed by atoms with van der Waals surface area (Å²) in [7, 11) is -6.66. The fourth-order valence-electron chi connectivity index (χ4n) is 6.45.